The highest BCUT2D eigenvalue weighted by molar-refractivity contribution is 6.09. The number of piperidine rings is 1. The molecule has 2 amide bonds. The van der Waals surface area contributed by atoms with Crippen molar-refractivity contribution in [2.75, 3.05) is 24.5 Å². The Bertz CT molecular complexity index is 1350. The van der Waals surface area contributed by atoms with Crippen molar-refractivity contribution in [1.82, 2.24) is 10.2 Å². The molecule has 1 fully saturated rings. The number of rotatable bonds is 9. The van der Waals surface area contributed by atoms with Crippen LogP contribution in [0.15, 0.2) is 78.6 Å². The quantitative estimate of drug-likeness (QED) is 0.255. The van der Waals surface area contributed by atoms with E-state index >= 15 is 0 Å². The normalized spacial score (nSPS) is 18.4. The molecule has 1 N–H and O–H groups in total. The predicted molar refractivity (Wildman–Crippen MR) is 160 cm³/mol. The van der Waals surface area contributed by atoms with Gasteiger partial charge in [0.05, 0.1) is 12.2 Å². The fraction of sp³-hybridized carbons (Fsp3) is 0.353. The second-order valence-electron chi connectivity index (χ2n) is 10.8. The number of fused-ring (bicyclic) bond motifs is 1. The number of para-hydroxylation sites is 2. The van der Waals surface area contributed by atoms with E-state index in [1.165, 1.54) is 37.8 Å². The van der Waals surface area contributed by atoms with Gasteiger partial charge in [-0.15, -0.1) is 0 Å². The minimum atomic E-state index is -0.194. The first kappa shape index (κ1) is 27.7. The maximum atomic E-state index is 13.5. The summed E-state index contributed by atoms with van der Waals surface area (Å²) in [4.78, 5) is 30.6. The molecule has 0 bridgehead atoms. The maximum absolute atomic E-state index is 13.5. The highest BCUT2D eigenvalue weighted by Crippen LogP contribution is 2.36. The minimum absolute atomic E-state index is 0.0759. The molecule has 2 aliphatic heterocycles. The van der Waals surface area contributed by atoms with Crippen LogP contribution < -0.4 is 15.0 Å². The molecule has 0 spiro atoms. The Labute approximate surface area is 237 Å². The average molecular weight is 538 g/mol. The summed E-state index contributed by atoms with van der Waals surface area (Å²) in [5.74, 6) is 0.630. The zero-order valence-electron chi connectivity index (χ0n) is 23.6. The van der Waals surface area contributed by atoms with Crippen LogP contribution in [0.3, 0.4) is 0 Å². The first-order valence-electron chi connectivity index (χ1n) is 14.5. The van der Waals surface area contributed by atoms with Crippen molar-refractivity contribution in [1.29, 1.82) is 0 Å². The van der Waals surface area contributed by atoms with Gasteiger partial charge in [-0.25, -0.2) is 0 Å². The lowest BCUT2D eigenvalue weighted by molar-refractivity contribution is -0.117. The van der Waals surface area contributed by atoms with Crippen molar-refractivity contribution >= 4 is 23.6 Å². The Morgan fingerprint density at radius 2 is 1.80 bits per heavy atom. The number of aryl methyl sites for hydroxylation is 1. The Morgan fingerprint density at radius 3 is 2.58 bits per heavy atom. The number of likely N-dealkylation sites (tertiary alicyclic amines) is 1. The first-order chi connectivity index (χ1) is 19.5. The number of hydrogen-bond acceptors (Lipinski definition) is 4. The Kier molecular flexibility index (Phi) is 8.97. The van der Waals surface area contributed by atoms with Gasteiger partial charge >= 0.3 is 0 Å². The molecule has 3 aromatic carbocycles. The van der Waals surface area contributed by atoms with Gasteiger partial charge in [0.2, 0.25) is 0 Å². The van der Waals surface area contributed by atoms with Crippen LogP contribution in [0.1, 0.15) is 66.1 Å². The van der Waals surface area contributed by atoms with Crippen LogP contribution in [0, 0.1) is 6.92 Å². The summed E-state index contributed by atoms with van der Waals surface area (Å²) < 4.78 is 6.03. The van der Waals surface area contributed by atoms with E-state index in [0.29, 0.717) is 30.4 Å². The van der Waals surface area contributed by atoms with E-state index in [2.05, 4.69) is 29.3 Å². The Morgan fingerprint density at radius 1 is 1.02 bits per heavy atom. The van der Waals surface area contributed by atoms with E-state index in [1.54, 1.807) is 23.1 Å². The van der Waals surface area contributed by atoms with Crippen molar-refractivity contribution in [2.45, 2.75) is 58.5 Å². The molecule has 0 unspecified atom stereocenters. The number of amides is 2. The molecule has 40 heavy (non-hydrogen) atoms. The molecule has 6 heteroatoms. The third kappa shape index (κ3) is 6.62. The molecule has 3 aromatic rings. The van der Waals surface area contributed by atoms with Crippen molar-refractivity contribution < 1.29 is 14.3 Å². The van der Waals surface area contributed by atoms with Crippen molar-refractivity contribution in [3.05, 3.63) is 101 Å². The van der Waals surface area contributed by atoms with Crippen LogP contribution in [0.25, 0.3) is 6.08 Å². The van der Waals surface area contributed by atoms with Crippen molar-refractivity contribution in [3.8, 4) is 5.75 Å². The molecule has 0 radical (unpaired) electrons. The van der Waals surface area contributed by atoms with Gasteiger partial charge < -0.3 is 15.0 Å². The monoisotopic (exact) mass is 537 g/mol. The lowest BCUT2D eigenvalue weighted by Crippen LogP contribution is -2.40. The topological polar surface area (TPSA) is 61.9 Å². The number of carbonyl (C=O) groups excluding carboxylic acids is 2. The minimum Gasteiger partial charge on any atom is -0.449 e. The summed E-state index contributed by atoms with van der Waals surface area (Å²) in [7, 11) is 0. The van der Waals surface area contributed by atoms with Crippen molar-refractivity contribution in [3.63, 3.8) is 0 Å². The van der Waals surface area contributed by atoms with Crippen LogP contribution in [0.5, 0.6) is 5.75 Å². The molecule has 0 saturated carbocycles. The Hall–Kier alpha value is -3.90. The zero-order valence-corrected chi connectivity index (χ0v) is 23.6. The van der Waals surface area contributed by atoms with Crippen LogP contribution in [-0.2, 0) is 11.3 Å². The number of nitrogens with zero attached hydrogens (tertiary/aromatic N) is 2. The van der Waals surface area contributed by atoms with Gasteiger partial charge in [0.1, 0.15) is 0 Å². The zero-order chi connectivity index (χ0) is 27.9. The highest BCUT2D eigenvalue weighted by atomic mass is 16.5. The van der Waals surface area contributed by atoms with Gasteiger partial charge in [0, 0.05) is 24.7 Å². The lowest BCUT2D eigenvalue weighted by atomic mass is 10.00. The number of carbonyl (C=O) groups is 2. The fourth-order valence-corrected chi connectivity index (χ4v) is 5.58. The van der Waals surface area contributed by atoms with Gasteiger partial charge in [-0.2, -0.15) is 0 Å². The molecular formula is C34H39N3O3. The van der Waals surface area contributed by atoms with Crippen LogP contribution in [0.2, 0.25) is 0 Å². The van der Waals surface area contributed by atoms with Gasteiger partial charge in [0.25, 0.3) is 11.8 Å². The van der Waals surface area contributed by atoms with Crippen LogP contribution in [0.4, 0.5) is 5.69 Å². The van der Waals surface area contributed by atoms with E-state index in [0.717, 1.165) is 29.8 Å². The second-order valence-corrected chi connectivity index (χ2v) is 10.8. The molecule has 208 valence electrons. The SMILES string of the molecule is CC[C@H]1CCCCN1CCCNC(=O)c1ccc(/C=C2/Oc3ccccc3N(Cc3ccc(C)cc3)C2=O)cc1. The fourth-order valence-electron chi connectivity index (χ4n) is 5.58. The smallest absolute Gasteiger partial charge is 0.294 e. The lowest BCUT2D eigenvalue weighted by Gasteiger charge is -2.35. The summed E-state index contributed by atoms with van der Waals surface area (Å²) in [6, 6.07) is 23.8. The van der Waals surface area contributed by atoms with Gasteiger partial charge in [-0.05, 0) is 80.6 Å². The third-order valence-electron chi connectivity index (χ3n) is 7.89. The van der Waals surface area contributed by atoms with E-state index in [9.17, 15) is 9.59 Å². The standard InChI is InChI=1S/C34H39N3O3/c1-3-29-9-6-7-21-36(29)22-8-20-35-33(38)28-18-16-26(17-19-28)23-32-34(39)37(24-27-14-12-25(2)13-15-27)30-10-4-5-11-31(30)40-32/h4-5,10-19,23,29H,3,6-9,20-22,24H2,1-2H3,(H,35,38)/b32-23+/t29-/m0/s1. The molecule has 2 heterocycles. The summed E-state index contributed by atoms with van der Waals surface area (Å²) in [5, 5.41) is 3.06. The predicted octanol–water partition coefficient (Wildman–Crippen LogP) is 6.35. The van der Waals surface area contributed by atoms with E-state index < -0.39 is 0 Å². The number of hydrogen-bond donors (Lipinski definition) is 1. The molecule has 5 rings (SSSR count). The summed E-state index contributed by atoms with van der Waals surface area (Å²) in [5.41, 5.74) is 4.38. The molecule has 0 aliphatic carbocycles. The summed E-state index contributed by atoms with van der Waals surface area (Å²) in [6.07, 6.45) is 7.79. The Balaban J connectivity index is 1.21. The number of anilines is 1. The van der Waals surface area contributed by atoms with Gasteiger partial charge in [-0.1, -0.05) is 67.4 Å². The molecule has 1 atom stereocenters. The number of ether oxygens (including phenoxy) is 1. The van der Waals surface area contributed by atoms with E-state index in [1.807, 2.05) is 55.5 Å². The number of benzene rings is 3. The third-order valence-corrected chi connectivity index (χ3v) is 7.89. The van der Waals surface area contributed by atoms with Gasteiger partial charge in [0.15, 0.2) is 11.5 Å². The first-order valence-corrected chi connectivity index (χ1v) is 14.5. The molecule has 2 aliphatic rings. The molecular weight excluding hydrogens is 498 g/mol. The van der Waals surface area contributed by atoms with Crippen molar-refractivity contribution in [2.24, 2.45) is 0 Å². The van der Waals surface area contributed by atoms with Crippen LogP contribution in [-0.4, -0.2) is 42.4 Å². The maximum Gasteiger partial charge on any atom is 0.294 e. The number of nitrogens with one attached hydrogen (secondary N) is 1. The van der Waals surface area contributed by atoms with Crippen LogP contribution >= 0.6 is 0 Å². The highest BCUT2D eigenvalue weighted by Gasteiger charge is 2.30. The molecule has 1 saturated heterocycles. The van der Waals surface area contributed by atoms with E-state index in [4.69, 9.17) is 4.74 Å². The second kappa shape index (κ2) is 13.0. The van der Waals surface area contributed by atoms with Gasteiger partial charge in [-0.3, -0.25) is 14.5 Å². The average Bonchev–Trinajstić information content (AvgIpc) is 2.99. The summed E-state index contributed by atoms with van der Waals surface area (Å²) >= 11 is 0. The largest absolute Gasteiger partial charge is 0.449 e. The molecule has 0 aromatic heterocycles. The summed E-state index contributed by atoms with van der Waals surface area (Å²) in [6.45, 7) is 7.63. The van der Waals surface area contributed by atoms with E-state index in [-0.39, 0.29) is 17.6 Å². The molecule has 6 nitrogen and oxygen atoms in total.